The molecule has 1 amide bonds. The first-order chi connectivity index (χ1) is 9.93. The summed E-state index contributed by atoms with van der Waals surface area (Å²) in [6.45, 7) is 4.18. The van der Waals surface area contributed by atoms with E-state index < -0.39 is 10.8 Å². The summed E-state index contributed by atoms with van der Waals surface area (Å²) >= 11 is 0. The third-order valence-electron chi connectivity index (χ3n) is 3.85. The Labute approximate surface area is 127 Å². The standard InChI is InChI=1S/C15H21FN2O2S/c1-4-13-15(19)18(9-10(2)21(3)20)14(17-13)11-6-5-7-12(16)8-11/h5-8,10,13-14,17H,4,9H2,1-3H3. The second-order valence-corrected chi connectivity index (χ2v) is 7.19. The van der Waals surface area contributed by atoms with Gasteiger partial charge in [-0.1, -0.05) is 19.1 Å². The largest absolute Gasteiger partial charge is 0.320 e. The Balaban J connectivity index is 2.28. The molecular formula is C15H21FN2O2S. The summed E-state index contributed by atoms with van der Waals surface area (Å²) in [5.74, 6) is -0.335. The maximum absolute atomic E-state index is 13.4. The van der Waals surface area contributed by atoms with Gasteiger partial charge in [-0.05, 0) is 31.0 Å². The van der Waals surface area contributed by atoms with Gasteiger partial charge in [-0.2, -0.15) is 0 Å². The SMILES string of the molecule is CCC1NC(c2cccc(F)c2)N(CC(C)S(C)=O)C1=O. The predicted molar refractivity (Wildman–Crippen MR) is 81.6 cm³/mol. The lowest BCUT2D eigenvalue weighted by Crippen LogP contribution is -2.37. The highest BCUT2D eigenvalue weighted by molar-refractivity contribution is 7.84. The van der Waals surface area contributed by atoms with Crippen LogP contribution < -0.4 is 5.32 Å². The van der Waals surface area contributed by atoms with Crippen LogP contribution in [0.25, 0.3) is 0 Å². The highest BCUT2D eigenvalue weighted by Gasteiger charge is 2.39. The minimum Gasteiger partial charge on any atom is -0.320 e. The minimum absolute atomic E-state index is 0.0101. The molecule has 1 aliphatic rings. The van der Waals surface area contributed by atoms with Crippen LogP contribution in [0.2, 0.25) is 0 Å². The number of nitrogens with one attached hydrogen (secondary N) is 1. The fourth-order valence-electron chi connectivity index (χ4n) is 2.50. The van der Waals surface area contributed by atoms with Crippen LogP contribution in [0.4, 0.5) is 4.39 Å². The monoisotopic (exact) mass is 312 g/mol. The number of hydrogen-bond acceptors (Lipinski definition) is 3. The molecule has 21 heavy (non-hydrogen) atoms. The lowest BCUT2D eigenvalue weighted by molar-refractivity contribution is -0.130. The maximum Gasteiger partial charge on any atom is 0.241 e. The maximum atomic E-state index is 13.4. The topological polar surface area (TPSA) is 49.4 Å². The van der Waals surface area contributed by atoms with Crippen LogP contribution in [0.5, 0.6) is 0 Å². The second kappa shape index (κ2) is 6.66. The van der Waals surface area contributed by atoms with Crippen molar-refractivity contribution in [2.24, 2.45) is 0 Å². The minimum atomic E-state index is -1.01. The first-order valence-electron chi connectivity index (χ1n) is 7.08. The molecule has 0 bridgehead atoms. The molecule has 4 nitrogen and oxygen atoms in total. The third kappa shape index (κ3) is 3.49. The predicted octanol–water partition coefficient (Wildman–Crippen LogP) is 1.80. The zero-order chi connectivity index (χ0) is 15.6. The second-order valence-electron chi connectivity index (χ2n) is 5.38. The Morgan fingerprint density at radius 2 is 2.19 bits per heavy atom. The van der Waals surface area contributed by atoms with E-state index in [1.807, 2.05) is 13.8 Å². The van der Waals surface area contributed by atoms with E-state index in [0.29, 0.717) is 18.5 Å². The van der Waals surface area contributed by atoms with Crippen molar-refractivity contribution in [1.29, 1.82) is 0 Å². The zero-order valence-corrected chi connectivity index (χ0v) is 13.3. The van der Waals surface area contributed by atoms with Gasteiger partial charge >= 0.3 is 0 Å². The Bertz CT molecular complexity index is 552. The quantitative estimate of drug-likeness (QED) is 0.902. The Morgan fingerprint density at radius 1 is 1.48 bits per heavy atom. The molecule has 0 aliphatic carbocycles. The summed E-state index contributed by atoms with van der Waals surface area (Å²) in [6.07, 6.45) is 1.95. The van der Waals surface area contributed by atoms with Crippen LogP contribution >= 0.6 is 0 Å². The first kappa shape index (κ1) is 16.1. The van der Waals surface area contributed by atoms with Crippen molar-refractivity contribution in [3.63, 3.8) is 0 Å². The van der Waals surface area contributed by atoms with Gasteiger partial charge < -0.3 is 4.90 Å². The lowest BCUT2D eigenvalue weighted by Gasteiger charge is -2.26. The van der Waals surface area contributed by atoms with E-state index in [9.17, 15) is 13.4 Å². The van der Waals surface area contributed by atoms with E-state index in [0.717, 1.165) is 0 Å². The van der Waals surface area contributed by atoms with Crippen LogP contribution in [-0.2, 0) is 15.6 Å². The van der Waals surface area contributed by atoms with Crippen molar-refractivity contribution in [2.45, 2.75) is 37.7 Å². The molecule has 1 N–H and O–H groups in total. The van der Waals surface area contributed by atoms with E-state index in [-0.39, 0.29) is 29.2 Å². The van der Waals surface area contributed by atoms with Gasteiger partial charge in [0.15, 0.2) is 0 Å². The summed E-state index contributed by atoms with van der Waals surface area (Å²) < 4.78 is 25.0. The molecule has 4 atom stereocenters. The zero-order valence-electron chi connectivity index (χ0n) is 12.5. The number of nitrogens with zero attached hydrogens (tertiary/aromatic N) is 1. The summed E-state index contributed by atoms with van der Waals surface area (Å²) in [6, 6.07) is 5.98. The van der Waals surface area contributed by atoms with Gasteiger partial charge in [0.1, 0.15) is 12.0 Å². The van der Waals surface area contributed by atoms with E-state index in [4.69, 9.17) is 0 Å². The normalized spacial score (nSPS) is 25.1. The van der Waals surface area contributed by atoms with Crippen LogP contribution in [0.15, 0.2) is 24.3 Å². The van der Waals surface area contributed by atoms with Gasteiger partial charge in [0.05, 0.1) is 6.04 Å². The third-order valence-corrected chi connectivity index (χ3v) is 5.13. The molecule has 0 radical (unpaired) electrons. The van der Waals surface area contributed by atoms with Crippen molar-refractivity contribution in [2.75, 3.05) is 12.8 Å². The van der Waals surface area contributed by atoms with Crippen LogP contribution in [-0.4, -0.2) is 39.1 Å². The molecule has 1 aromatic carbocycles. The van der Waals surface area contributed by atoms with Crippen LogP contribution in [0.3, 0.4) is 0 Å². The average molecular weight is 312 g/mol. The fraction of sp³-hybridized carbons (Fsp3) is 0.533. The molecule has 0 saturated carbocycles. The number of carbonyl (C=O) groups excluding carboxylic acids is 1. The molecule has 2 rings (SSSR count). The van der Waals surface area contributed by atoms with Crippen LogP contribution in [0.1, 0.15) is 32.0 Å². The van der Waals surface area contributed by atoms with Gasteiger partial charge in [-0.25, -0.2) is 4.39 Å². The van der Waals surface area contributed by atoms with E-state index in [2.05, 4.69) is 5.32 Å². The Hall–Kier alpha value is -1.27. The molecule has 4 unspecified atom stereocenters. The highest BCUT2D eigenvalue weighted by atomic mass is 32.2. The summed E-state index contributed by atoms with van der Waals surface area (Å²) in [4.78, 5) is 14.1. The highest BCUT2D eigenvalue weighted by Crippen LogP contribution is 2.27. The number of rotatable bonds is 5. The summed E-state index contributed by atoms with van der Waals surface area (Å²) in [5, 5.41) is 3.12. The van der Waals surface area contributed by atoms with Gasteiger partial charge in [0, 0.05) is 28.9 Å². The van der Waals surface area contributed by atoms with Crippen molar-refractivity contribution < 1.29 is 13.4 Å². The van der Waals surface area contributed by atoms with Gasteiger partial charge in [0.25, 0.3) is 0 Å². The molecule has 1 aliphatic heterocycles. The molecule has 1 heterocycles. The van der Waals surface area contributed by atoms with Gasteiger partial charge in [-0.15, -0.1) is 0 Å². The Morgan fingerprint density at radius 3 is 2.76 bits per heavy atom. The van der Waals surface area contributed by atoms with E-state index >= 15 is 0 Å². The van der Waals surface area contributed by atoms with Crippen molar-refractivity contribution in [3.05, 3.63) is 35.6 Å². The van der Waals surface area contributed by atoms with Crippen LogP contribution in [0, 0.1) is 5.82 Å². The summed E-state index contributed by atoms with van der Waals surface area (Å²) in [7, 11) is -1.01. The van der Waals surface area contributed by atoms with E-state index in [1.165, 1.54) is 12.1 Å². The van der Waals surface area contributed by atoms with E-state index in [1.54, 1.807) is 23.3 Å². The number of amides is 1. The Kier molecular flexibility index (Phi) is 5.11. The van der Waals surface area contributed by atoms with Crippen molar-refractivity contribution in [3.8, 4) is 0 Å². The number of hydrogen-bond donors (Lipinski definition) is 1. The average Bonchev–Trinajstić information content (AvgIpc) is 2.75. The lowest BCUT2D eigenvalue weighted by atomic mass is 10.1. The first-order valence-corrected chi connectivity index (χ1v) is 8.70. The molecular weight excluding hydrogens is 291 g/mol. The fourth-order valence-corrected chi connectivity index (χ4v) is 2.87. The smallest absolute Gasteiger partial charge is 0.241 e. The van der Waals surface area contributed by atoms with Gasteiger partial charge in [0.2, 0.25) is 5.91 Å². The van der Waals surface area contributed by atoms with Gasteiger partial charge in [-0.3, -0.25) is 14.3 Å². The molecule has 1 fully saturated rings. The van der Waals surface area contributed by atoms with Crippen molar-refractivity contribution in [1.82, 2.24) is 10.2 Å². The number of halogens is 1. The number of benzene rings is 1. The molecule has 6 heteroatoms. The molecule has 1 aromatic rings. The molecule has 0 aromatic heterocycles. The molecule has 116 valence electrons. The van der Waals surface area contributed by atoms with Crippen molar-refractivity contribution >= 4 is 16.7 Å². The summed E-state index contributed by atoms with van der Waals surface area (Å²) in [5.41, 5.74) is 0.716. The molecule has 1 saturated heterocycles. The number of carbonyl (C=O) groups is 1. The molecule has 0 spiro atoms.